The van der Waals surface area contributed by atoms with Crippen molar-refractivity contribution in [2.45, 2.75) is 13.3 Å². The van der Waals surface area contributed by atoms with Crippen LogP contribution in [0.25, 0.3) is 0 Å². The minimum atomic E-state index is -0.0947. The number of nitrogen functional groups attached to an aromatic ring is 1. The van der Waals surface area contributed by atoms with Crippen molar-refractivity contribution in [2.75, 3.05) is 17.7 Å². The standard InChI is InChI=1S/C16H18N2O2/c1-12-5-7-15(8-6-12)20-10-9-16(19)18-14-4-2-3-13(17)11-14/h2-8,11H,9-10,17H2,1H3,(H,18,19). The van der Waals surface area contributed by atoms with Crippen molar-refractivity contribution in [1.29, 1.82) is 0 Å². The number of nitrogens with two attached hydrogens (primary N) is 1. The maximum absolute atomic E-state index is 11.7. The van der Waals surface area contributed by atoms with Gasteiger partial charge in [0.05, 0.1) is 13.0 Å². The Bertz CT molecular complexity index is 579. The molecule has 1 amide bonds. The molecule has 0 aliphatic rings. The minimum Gasteiger partial charge on any atom is -0.493 e. The van der Waals surface area contributed by atoms with Crippen molar-refractivity contribution in [1.82, 2.24) is 0 Å². The first kappa shape index (κ1) is 13.9. The Kier molecular flexibility index (Phi) is 4.60. The maximum Gasteiger partial charge on any atom is 0.227 e. The lowest BCUT2D eigenvalue weighted by Gasteiger charge is -2.08. The van der Waals surface area contributed by atoms with Gasteiger partial charge in [-0.2, -0.15) is 0 Å². The molecule has 0 aromatic heterocycles. The number of hydrogen-bond acceptors (Lipinski definition) is 3. The molecule has 104 valence electrons. The Morgan fingerprint density at radius 1 is 1.20 bits per heavy atom. The molecule has 0 spiro atoms. The van der Waals surface area contributed by atoms with Gasteiger partial charge in [-0.05, 0) is 37.3 Å². The number of amides is 1. The summed E-state index contributed by atoms with van der Waals surface area (Å²) in [5, 5.41) is 2.78. The Labute approximate surface area is 118 Å². The first-order valence-corrected chi connectivity index (χ1v) is 6.48. The second kappa shape index (κ2) is 6.61. The van der Waals surface area contributed by atoms with Crippen LogP contribution in [-0.4, -0.2) is 12.5 Å². The van der Waals surface area contributed by atoms with E-state index in [0.29, 0.717) is 24.4 Å². The highest BCUT2D eigenvalue weighted by molar-refractivity contribution is 5.91. The van der Waals surface area contributed by atoms with Gasteiger partial charge < -0.3 is 15.8 Å². The van der Waals surface area contributed by atoms with E-state index in [1.807, 2.05) is 31.2 Å². The third kappa shape index (κ3) is 4.31. The zero-order valence-corrected chi connectivity index (χ0v) is 11.4. The van der Waals surface area contributed by atoms with Gasteiger partial charge in [0, 0.05) is 11.4 Å². The second-order valence-corrected chi connectivity index (χ2v) is 4.59. The molecule has 0 aliphatic heterocycles. The Morgan fingerprint density at radius 2 is 1.95 bits per heavy atom. The van der Waals surface area contributed by atoms with Crippen molar-refractivity contribution in [3.63, 3.8) is 0 Å². The number of aryl methyl sites for hydroxylation is 1. The SMILES string of the molecule is Cc1ccc(OCCC(=O)Nc2cccc(N)c2)cc1. The van der Waals surface area contributed by atoms with E-state index in [-0.39, 0.29) is 5.91 Å². The summed E-state index contributed by atoms with van der Waals surface area (Å²) < 4.78 is 5.51. The van der Waals surface area contributed by atoms with Gasteiger partial charge in [0.15, 0.2) is 0 Å². The Morgan fingerprint density at radius 3 is 2.65 bits per heavy atom. The van der Waals surface area contributed by atoms with Gasteiger partial charge in [0.1, 0.15) is 5.75 Å². The van der Waals surface area contributed by atoms with Crippen LogP contribution in [0.3, 0.4) is 0 Å². The average Bonchev–Trinajstić information content (AvgIpc) is 2.41. The number of nitrogens with one attached hydrogen (secondary N) is 1. The summed E-state index contributed by atoms with van der Waals surface area (Å²) in [6.07, 6.45) is 0.294. The molecule has 3 N–H and O–H groups in total. The predicted molar refractivity (Wildman–Crippen MR) is 80.8 cm³/mol. The predicted octanol–water partition coefficient (Wildman–Crippen LogP) is 2.98. The molecule has 4 heteroatoms. The van der Waals surface area contributed by atoms with Crippen LogP contribution in [-0.2, 0) is 4.79 Å². The van der Waals surface area contributed by atoms with E-state index < -0.39 is 0 Å². The van der Waals surface area contributed by atoms with Crippen LogP contribution < -0.4 is 15.8 Å². The first-order chi connectivity index (χ1) is 9.63. The van der Waals surface area contributed by atoms with Crippen molar-refractivity contribution >= 4 is 17.3 Å². The van der Waals surface area contributed by atoms with E-state index in [2.05, 4.69) is 5.32 Å². The molecule has 0 aliphatic carbocycles. The molecule has 20 heavy (non-hydrogen) atoms. The highest BCUT2D eigenvalue weighted by Gasteiger charge is 2.03. The number of carbonyl (C=O) groups excluding carboxylic acids is 1. The summed E-state index contributed by atoms with van der Waals surface area (Å²) in [6, 6.07) is 14.8. The third-order valence-electron chi connectivity index (χ3n) is 2.79. The van der Waals surface area contributed by atoms with Crippen LogP contribution in [0.2, 0.25) is 0 Å². The number of hydrogen-bond donors (Lipinski definition) is 2. The maximum atomic E-state index is 11.7. The molecule has 0 heterocycles. The van der Waals surface area contributed by atoms with Crippen LogP contribution >= 0.6 is 0 Å². The van der Waals surface area contributed by atoms with Gasteiger partial charge in [0.2, 0.25) is 5.91 Å². The fraction of sp³-hybridized carbons (Fsp3) is 0.188. The molecule has 0 fully saturated rings. The molecule has 0 saturated carbocycles. The van der Waals surface area contributed by atoms with Crippen molar-refractivity contribution in [3.05, 3.63) is 54.1 Å². The molecule has 2 aromatic carbocycles. The van der Waals surface area contributed by atoms with Gasteiger partial charge in [-0.1, -0.05) is 23.8 Å². The molecule has 0 unspecified atom stereocenters. The molecular formula is C16H18N2O2. The number of carbonyl (C=O) groups is 1. The van der Waals surface area contributed by atoms with Crippen LogP contribution in [0.1, 0.15) is 12.0 Å². The van der Waals surface area contributed by atoms with Gasteiger partial charge in [-0.3, -0.25) is 4.79 Å². The summed E-state index contributed by atoms with van der Waals surface area (Å²) in [4.78, 5) is 11.7. The Hall–Kier alpha value is -2.49. The summed E-state index contributed by atoms with van der Waals surface area (Å²) in [5.74, 6) is 0.676. The quantitative estimate of drug-likeness (QED) is 0.821. The smallest absolute Gasteiger partial charge is 0.227 e. The average molecular weight is 270 g/mol. The number of rotatable bonds is 5. The summed E-state index contributed by atoms with van der Waals surface area (Å²) >= 11 is 0. The molecule has 2 aromatic rings. The van der Waals surface area contributed by atoms with Gasteiger partial charge in [-0.15, -0.1) is 0 Å². The van der Waals surface area contributed by atoms with Crippen molar-refractivity contribution < 1.29 is 9.53 Å². The highest BCUT2D eigenvalue weighted by Crippen LogP contribution is 2.13. The number of benzene rings is 2. The van der Waals surface area contributed by atoms with Gasteiger partial charge in [-0.25, -0.2) is 0 Å². The lowest BCUT2D eigenvalue weighted by molar-refractivity contribution is -0.116. The molecule has 0 bridgehead atoms. The van der Waals surface area contributed by atoms with E-state index in [1.165, 1.54) is 5.56 Å². The largest absolute Gasteiger partial charge is 0.493 e. The molecule has 0 saturated heterocycles. The van der Waals surface area contributed by atoms with Crippen molar-refractivity contribution in [3.8, 4) is 5.75 Å². The second-order valence-electron chi connectivity index (χ2n) is 4.59. The molecule has 0 atom stereocenters. The summed E-state index contributed by atoms with van der Waals surface area (Å²) in [7, 11) is 0. The summed E-state index contributed by atoms with van der Waals surface area (Å²) in [6.45, 7) is 2.36. The third-order valence-corrected chi connectivity index (χ3v) is 2.79. The zero-order chi connectivity index (χ0) is 14.4. The zero-order valence-electron chi connectivity index (χ0n) is 11.4. The van der Waals surface area contributed by atoms with Crippen LogP contribution in [0.15, 0.2) is 48.5 Å². The van der Waals surface area contributed by atoms with E-state index in [1.54, 1.807) is 24.3 Å². The fourth-order valence-corrected chi connectivity index (χ4v) is 1.74. The summed E-state index contributed by atoms with van der Waals surface area (Å²) in [5.41, 5.74) is 8.15. The normalized spacial score (nSPS) is 10.1. The van der Waals surface area contributed by atoms with Gasteiger partial charge >= 0.3 is 0 Å². The monoisotopic (exact) mass is 270 g/mol. The molecular weight excluding hydrogens is 252 g/mol. The lowest BCUT2D eigenvalue weighted by atomic mass is 10.2. The fourth-order valence-electron chi connectivity index (χ4n) is 1.74. The van der Waals surface area contributed by atoms with E-state index >= 15 is 0 Å². The molecule has 4 nitrogen and oxygen atoms in total. The van der Waals surface area contributed by atoms with Gasteiger partial charge in [0.25, 0.3) is 0 Å². The molecule has 0 radical (unpaired) electrons. The highest BCUT2D eigenvalue weighted by atomic mass is 16.5. The first-order valence-electron chi connectivity index (χ1n) is 6.48. The van der Waals surface area contributed by atoms with Crippen molar-refractivity contribution in [2.24, 2.45) is 0 Å². The lowest BCUT2D eigenvalue weighted by Crippen LogP contribution is -2.15. The molecule has 2 rings (SSSR count). The minimum absolute atomic E-state index is 0.0947. The van der Waals surface area contributed by atoms with Crippen LogP contribution in [0, 0.1) is 6.92 Å². The van der Waals surface area contributed by atoms with E-state index in [9.17, 15) is 4.79 Å². The number of anilines is 2. The van der Waals surface area contributed by atoms with E-state index in [4.69, 9.17) is 10.5 Å². The topological polar surface area (TPSA) is 64.3 Å². The van der Waals surface area contributed by atoms with E-state index in [0.717, 1.165) is 5.75 Å². The van der Waals surface area contributed by atoms with Crippen LogP contribution in [0.4, 0.5) is 11.4 Å². The number of ether oxygens (including phenoxy) is 1. The Balaban J connectivity index is 1.76. The van der Waals surface area contributed by atoms with Crippen LogP contribution in [0.5, 0.6) is 5.75 Å².